The Hall–Kier alpha value is -2.76. The molecule has 31 heavy (non-hydrogen) atoms. The summed E-state index contributed by atoms with van der Waals surface area (Å²) in [4.78, 5) is 25.9. The van der Waals surface area contributed by atoms with Gasteiger partial charge in [0, 0.05) is 32.2 Å². The average molecular weight is 462 g/mol. The van der Waals surface area contributed by atoms with Gasteiger partial charge in [-0.3, -0.25) is 9.36 Å². The van der Waals surface area contributed by atoms with Crippen LogP contribution in [0.1, 0.15) is 23.2 Å². The second-order valence-electron chi connectivity index (χ2n) is 7.26. The molecule has 11 heteroatoms. The van der Waals surface area contributed by atoms with Crippen LogP contribution in [0, 0.1) is 0 Å². The van der Waals surface area contributed by atoms with E-state index in [0.29, 0.717) is 24.5 Å². The molecule has 1 amide bonds. The molecular weight excluding hydrogens is 438 g/mol. The lowest BCUT2D eigenvalue weighted by Gasteiger charge is -2.15. The molecule has 1 fully saturated rings. The van der Waals surface area contributed by atoms with Crippen molar-refractivity contribution in [3.63, 3.8) is 0 Å². The Bertz CT molecular complexity index is 1220. The summed E-state index contributed by atoms with van der Waals surface area (Å²) in [7, 11) is -1.84. The lowest BCUT2D eigenvalue weighted by molar-refractivity contribution is 0.0951. The van der Waals surface area contributed by atoms with Crippen molar-refractivity contribution in [1.82, 2.24) is 24.0 Å². The number of nitrogens with one attached hydrogen (secondary N) is 1. The summed E-state index contributed by atoms with van der Waals surface area (Å²) >= 11 is 1.50. The summed E-state index contributed by atoms with van der Waals surface area (Å²) in [6, 6.07) is 9.70. The number of carbonyl (C=O) groups is 1. The number of sulfonamides is 1. The van der Waals surface area contributed by atoms with Gasteiger partial charge in [-0.05, 0) is 48.6 Å². The molecule has 1 saturated heterocycles. The van der Waals surface area contributed by atoms with Crippen LogP contribution in [-0.2, 0) is 23.6 Å². The second kappa shape index (κ2) is 8.77. The molecule has 4 rings (SSSR count). The van der Waals surface area contributed by atoms with Crippen molar-refractivity contribution < 1.29 is 13.2 Å². The predicted octanol–water partition coefficient (Wildman–Crippen LogP) is 1.52. The van der Waals surface area contributed by atoms with Crippen LogP contribution in [0.3, 0.4) is 0 Å². The highest BCUT2D eigenvalue weighted by atomic mass is 32.2. The van der Waals surface area contributed by atoms with Crippen molar-refractivity contribution in [2.45, 2.75) is 24.3 Å². The van der Waals surface area contributed by atoms with E-state index in [-0.39, 0.29) is 29.6 Å². The molecule has 2 aromatic heterocycles. The normalized spacial score (nSPS) is 14.7. The molecule has 1 N–H and O–H groups in total. The molecule has 0 atom stereocenters. The Morgan fingerprint density at radius 2 is 1.87 bits per heavy atom. The Morgan fingerprint density at radius 1 is 1.16 bits per heavy atom. The minimum absolute atomic E-state index is 0.187. The maximum Gasteiger partial charge on any atom is 0.346 e. The van der Waals surface area contributed by atoms with Crippen LogP contribution in [-0.4, -0.2) is 52.6 Å². The van der Waals surface area contributed by atoms with Gasteiger partial charge in [-0.1, -0.05) is 6.07 Å². The number of nitrogens with zero attached hydrogens (tertiary/aromatic N) is 4. The van der Waals surface area contributed by atoms with Crippen molar-refractivity contribution in [3.05, 3.63) is 57.8 Å². The molecule has 1 aromatic carbocycles. The Kier molecular flexibility index (Phi) is 6.08. The number of amides is 1. The number of thiophene rings is 1. The van der Waals surface area contributed by atoms with E-state index in [1.165, 1.54) is 49.2 Å². The highest BCUT2D eigenvalue weighted by Crippen LogP contribution is 2.22. The molecule has 1 aliphatic heterocycles. The SMILES string of the molecule is Cn1c(-c2cccs2)nn(CCNC(=O)c2ccc(S(=O)(=O)N3CCCC3)cc2)c1=O. The number of rotatable bonds is 7. The standard InChI is InChI=1S/C20H23N5O4S2/c1-23-18(17-5-4-14-30-17)22-25(20(23)27)13-10-21-19(26)15-6-8-16(9-7-15)31(28,29)24-11-2-3-12-24/h4-9,14H,2-3,10-13H2,1H3,(H,21,26). The van der Waals surface area contributed by atoms with Gasteiger partial charge in [0.15, 0.2) is 5.82 Å². The van der Waals surface area contributed by atoms with Gasteiger partial charge in [-0.15, -0.1) is 16.4 Å². The number of hydrogen-bond donors (Lipinski definition) is 1. The lowest BCUT2D eigenvalue weighted by atomic mass is 10.2. The molecule has 0 radical (unpaired) electrons. The highest BCUT2D eigenvalue weighted by Gasteiger charge is 2.27. The quantitative estimate of drug-likeness (QED) is 0.574. The minimum Gasteiger partial charge on any atom is -0.350 e. The third kappa shape index (κ3) is 4.34. The first kappa shape index (κ1) is 21.5. The van der Waals surface area contributed by atoms with Crippen molar-refractivity contribution in [2.24, 2.45) is 7.05 Å². The van der Waals surface area contributed by atoms with E-state index in [1.54, 1.807) is 7.05 Å². The van der Waals surface area contributed by atoms with Crippen LogP contribution < -0.4 is 11.0 Å². The largest absolute Gasteiger partial charge is 0.350 e. The van der Waals surface area contributed by atoms with E-state index in [2.05, 4.69) is 10.4 Å². The van der Waals surface area contributed by atoms with Crippen molar-refractivity contribution in [3.8, 4) is 10.7 Å². The summed E-state index contributed by atoms with van der Waals surface area (Å²) < 4.78 is 29.4. The lowest BCUT2D eigenvalue weighted by Crippen LogP contribution is -2.32. The van der Waals surface area contributed by atoms with E-state index in [0.717, 1.165) is 17.7 Å². The minimum atomic E-state index is -3.51. The van der Waals surface area contributed by atoms with Crippen molar-refractivity contribution in [2.75, 3.05) is 19.6 Å². The Balaban J connectivity index is 1.37. The van der Waals surface area contributed by atoms with Gasteiger partial charge in [0.05, 0.1) is 16.3 Å². The molecule has 164 valence electrons. The van der Waals surface area contributed by atoms with Crippen molar-refractivity contribution >= 4 is 27.3 Å². The average Bonchev–Trinajstić information content (AvgIpc) is 3.53. The van der Waals surface area contributed by atoms with Gasteiger partial charge in [0.2, 0.25) is 10.0 Å². The first-order valence-corrected chi connectivity index (χ1v) is 12.3. The first-order valence-electron chi connectivity index (χ1n) is 9.94. The summed E-state index contributed by atoms with van der Waals surface area (Å²) in [5, 5.41) is 9.02. The molecule has 9 nitrogen and oxygen atoms in total. The Labute approximate surface area is 184 Å². The smallest absolute Gasteiger partial charge is 0.346 e. The van der Waals surface area contributed by atoms with Gasteiger partial charge < -0.3 is 5.32 Å². The molecule has 0 saturated carbocycles. The van der Waals surface area contributed by atoms with Crippen LogP contribution in [0.5, 0.6) is 0 Å². The third-order valence-corrected chi connectivity index (χ3v) is 7.99. The van der Waals surface area contributed by atoms with Gasteiger partial charge in [0.1, 0.15) is 0 Å². The fourth-order valence-corrected chi connectivity index (χ4v) is 5.75. The fraction of sp³-hybridized carbons (Fsp3) is 0.350. The zero-order valence-electron chi connectivity index (χ0n) is 17.0. The molecule has 0 unspecified atom stereocenters. The second-order valence-corrected chi connectivity index (χ2v) is 10.1. The number of hydrogen-bond acceptors (Lipinski definition) is 6. The van der Waals surface area contributed by atoms with E-state index in [1.807, 2.05) is 17.5 Å². The molecule has 3 heterocycles. The monoisotopic (exact) mass is 461 g/mol. The van der Waals surface area contributed by atoms with E-state index in [9.17, 15) is 18.0 Å². The van der Waals surface area contributed by atoms with Crippen LogP contribution >= 0.6 is 11.3 Å². The summed E-state index contributed by atoms with van der Waals surface area (Å²) in [5.74, 6) is 0.244. The van der Waals surface area contributed by atoms with E-state index < -0.39 is 10.0 Å². The van der Waals surface area contributed by atoms with Crippen LogP contribution in [0.4, 0.5) is 0 Å². The van der Waals surface area contributed by atoms with Gasteiger partial charge in [-0.25, -0.2) is 17.9 Å². The first-order chi connectivity index (χ1) is 14.9. The van der Waals surface area contributed by atoms with Crippen LogP contribution in [0.15, 0.2) is 51.5 Å². The number of benzene rings is 1. The summed E-state index contributed by atoms with van der Waals surface area (Å²) in [5.41, 5.74) is 0.0992. The van der Waals surface area contributed by atoms with E-state index in [4.69, 9.17) is 0 Å². The fourth-order valence-electron chi connectivity index (χ4n) is 3.49. The number of aromatic nitrogens is 3. The molecular formula is C20H23N5O4S2. The molecule has 3 aromatic rings. The van der Waals surface area contributed by atoms with Gasteiger partial charge in [-0.2, -0.15) is 4.31 Å². The Morgan fingerprint density at radius 3 is 2.52 bits per heavy atom. The molecule has 0 aliphatic carbocycles. The maximum atomic E-state index is 12.6. The molecule has 0 bridgehead atoms. The molecule has 0 spiro atoms. The van der Waals surface area contributed by atoms with Crippen LogP contribution in [0.2, 0.25) is 0 Å². The summed E-state index contributed by atoms with van der Waals surface area (Å²) in [6.07, 6.45) is 1.74. The molecule has 1 aliphatic rings. The predicted molar refractivity (Wildman–Crippen MR) is 118 cm³/mol. The topological polar surface area (TPSA) is 106 Å². The van der Waals surface area contributed by atoms with Crippen molar-refractivity contribution in [1.29, 1.82) is 0 Å². The zero-order chi connectivity index (χ0) is 22.0. The highest BCUT2D eigenvalue weighted by molar-refractivity contribution is 7.89. The van der Waals surface area contributed by atoms with E-state index >= 15 is 0 Å². The van der Waals surface area contributed by atoms with Gasteiger partial charge in [0.25, 0.3) is 5.91 Å². The third-order valence-electron chi connectivity index (χ3n) is 5.21. The van der Waals surface area contributed by atoms with Crippen LogP contribution in [0.25, 0.3) is 10.7 Å². The van der Waals surface area contributed by atoms with Gasteiger partial charge >= 0.3 is 5.69 Å². The zero-order valence-corrected chi connectivity index (χ0v) is 18.7. The number of carbonyl (C=O) groups excluding carboxylic acids is 1. The summed E-state index contributed by atoms with van der Waals surface area (Å²) in [6.45, 7) is 1.51. The maximum absolute atomic E-state index is 12.6.